The summed E-state index contributed by atoms with van der Waals surface area (Å²) in [6.45, 7) is 0. The van der Waals surface area contributed by atoms with Gasteiger partial charge in [-0.25, -0.2) is 0 Å². The molecule has 13 heavy (non-hydrogen) atoms. The summed E-state index contributed by atoms with van der Waals surface area (Å²) in [7, 11) is 1.32. The molecule has 0 fully saturated rings. The summed E-state index contributed by atoms with van der Waals surface area (Å²) in [5.41, 5.74) is 0. The van der Waals surface area contributed by atoms with Crippen LogP contribution in [-0.4, -0.2) is 29.5 Å². The Bertz CT molecular complexity index is 181. The third-order valence-corrected chi connectivity index (χ3v) is 1.99. The summed E-state index contributed by atoms with van der Waals surface area (Å²) in [6.07, 6.45) is 1.94. The lowest BCUT2D eigenvalue weighted by molar-refractivity contribution is -0.140. The van der Waals surface area contributed by atoms with Gasteiger partial charge in [-0.3, -0.25) is 9.59 Å². The van der Waals surface area contributed by atoms with Gasteiger partial charge in [-0.2, -0.15) is 0 Å². The Hall–Kier alpha value is -0.770. The normalized spacial score (nSPS) is 12.2. The van der Waals surface area contributed by atoms with E-state index in [2.05, 4.69) is 4.74 Å². The van der Waals surface area contributed by atoms with Gasteiger partial charge in [0.05, 0.1) is 7.11 Å². The molecule has 1 unspecified atom stereocenters. The Kier molecular flexibility index (Phi) is 6.32. The molecule has 0 aromatic heterocycles. The summed E-state index contributed by atoms with van der Waals surface area (Å²) in [6, 6.07) is 0. The molecule has 1 N–H and O–H groups in total. The van der Waals surface area contributed by atoms with Crippen molar-refractivity contribution in [1.82, 2.24) is 0 Å². The van der Waals surface area contributed by atoms with Crippen LogP contribution in [0.4, 0.5) is 0 Å². The maximum Gasteiger partial charge on any atom is 0.321 e. The fourth-order valence-corrected chi connectivity index (χ4v) is 0.973. The fraction of sp³-hybridized carbons (Fsp3) is 0.750. The lowest BCUT2D eigenvalue weighted by Crippen LogP contribution is -2.12. The SMILES string of the molecule is COC(=O)CCCCC(Cl)C(=O)O. The molecule has 0 saturated carbocycles. The maximum atomic E-state index is 10.6. The van der Waals surface area contributed by atoms with Gasteiger partial charge in [-0.1, -0.05) is 6.42 Å². The molecule has 76 valence electrons. The first kappa shape index (κ1) is 12.2. The molecule has 0 bridgehead atoms. The molecule has 0 rings (SSSR count). The van der Waals surface area contributed by atoms with Gasteiger partial charge in [-0.05, 0) is 12.8 Å². The van der Waals surface area contributed by atoms with Crippen molar-refractivity contribution in [3.63, 3.8) is 0 Å². The number of carboxylic acids is 1. The number of unbranched alkanes of at least 4 members (excludes halogenated alkanes) is 1. The van der Waals surface area contributed by atoms with Crippen LogP contribution in [-0.2, 0) is 14.3 Å². The van der Waals surface area contributed by atoms with Crippen molar-refractivity contribution in [3.05, 3.63) is 0 Å². The fourth-order valence-electron chi connectivity index (χ4n) is 0.818. The van der Waals surface area contributed by atoms with E-state index in [9.17, 15) is 9.59 Å². The summed E-state index contributed by atoms with van der Waals surface area (Å²) in [5, 5.41) is 7.56. The number of hydrogen-bond donors (Lipinski definition) is 1. The number of carboxylic acid groups (broad SMARTS) is 1. The Balaban J connectivity index is 3.35. The van der Waals surface area contributed by atoms with E-state index in [1.54, 1.807) is 0 Å². The van der Waals surface area contributed by atoms with Crippen molar-refractivity contribution < 1.29 is 19.4 Å². The van der Waals surface area contributed by atoms with Crippen LogP contribution in [0.1, 0.15) is 25.7 Å². The Labute approximate surface area is 81.8 Å². The summed E-state index contributed by atoms with van der Waals surface area (Å²) < 4.78 is 4.42. The summed E-state index contributed by atoms with van der Waals surface area (Å²) in [4.78, 5) is 20.9. The van der Waals surface area contributed by atoms with Crippen molar-refractivity contribution in [3.8, 4) is 0 Å². The van der Waals surface area contributed by atoms with Gasteiger partial charge in [-0.15, -0.1) is 11.6 Å². The lowest BCUT2D eigenvalue weighted by Gasteiger charge is -2.02. The zero-order valence-electron chi connectivity index (χ0n) is 7.46. The molecule has 0 heterocycles. The van der Waals surface area contributed by atoms with Gasteiger partial charge in [0.2, 0.25) is 0 Å². The van der Waals surface area contributed by atoms with E-state index in [4.69, 9.17) is 16.7 Å². The van der Waals surface area contributed by atoms with Gasteiger partial charge < -0.3 is 9.84 Å². The molecule has 0 aliphatic heterocycles. The third-order valence-electron chi connectivity index (χ3n) is 1.58. The van der Waals surface area contributed by atoms with E-state index in [0.29, 0.717) is 25.7 Å². The van der Waals surface area contributed by atoms with Crippen molar-refractivity contribution >= 4 is 23.5 Å². The zero-order valence-corrected chi connectivity index (χ0v) is 8.21. The van der Waals surface area contributed by atoms with Gasteiger partial charge >= 0.3 is 11.9 Å². The highest BCUT2D eigenvalue weighted by Crippen LogP contribution is 2.09. The second kappa shape index (κ2) is 6.71. The van der Waals surface area contributed by atoms with E-state index in [-0.39, 0.29) is 5.97 Å². The standard InChI is InChI=1S/C8H13ClO4/c1-13-7(10)5-3-2-4-6(9)8(11)12/h6H,2-5H2,1H3,(H,11,12). The van der Waals surface area contributed by atoms with Crippen LogP contribution in [0.2, 0.25) is 0 Å². The van der Waals surface area contributed by atoms with Crippen LogP contribution in [0.5, 0.6) is 0 Å². The number of esters is 1. The Morgan fingerprint density at radius 1 is 1.46 bits per heavy atom. The van der Waals surface area contributed by atoms with Crippen molar-refractivity contribution in [1.29, 1.82) is 0 Å². The molecule has 5 heteroatoms. The highest BCUT2D eigenvalue weighted by Gasteiger charge is 2.12. The molecule has 4 nitrogen and oxygen atoms in total. The van der Waals surface area contributed by atoms with E-state index in [1.807, 2.05) is 0 Å². The number of alkyl halides is 1. The molecule has 0 aliphatic carbocycles. The van der Waals surface area contributed by atoms with E-state index in [1.165, 1.54) is 7.11 Å². The molecular formula is C8H13ClO4. The summed E-state index contributed by atoms with van der Waals surface area (Å²) in [5.74, 6) is -1.29. The molecule has 0 spiro atoms. The minimum Gasteiger partial charge on any atom is -0.480 e. The van der Waals surface area contributed by atoms with Crippen LogP contribution >= 0.6 is 11.6 Å². The van der Waals surface area contributed by atoms with Crippen molar-refractivity contribution in [2.75, 3.05) is 7.11 Å². The van der Waals surface area contributed by atoms with Crippen LogP contribution in [0.15, 0.2) is 0 Å². The summed E-state index contributed by atoms with van der Waals surface area (Å²) >= 11 is 5.45. The minimum absolute atomic E-state index is 0.276. The molecular weight excluding hydrogens is 196 g/mol. The second-order valence-corrected chi connectivity index (χ2v) is 3.15. The number of aliphatic carboxylic acids is 1. The van der Waals surface area contributed by atoms with E-state index < -0.39 is 11.3 Å². The average molecular weight is 209 g/mol. The maximum absolute atomic E-state index is 10.6. The first-order valence-corrected chi connectivity index (χ1v) is 4.45. The highest BCUT2D eigenvalue weighted by atomic mass is 35.5. The Morgan fingerprint density at radius 3 is 2.54 bits per heavy atom. The monoisotopic (exact) mass is 208 g/mol. The van der Waals surface area contributed by atoms with Crippen molar-refractivity contribution in [2.45, 2.75) is 31.1 Å². The molecule has 0 radical (unpaired) electrons. The molecule has 0 aromatic rings. The lowest BCUT2D eigenvalue weighted by atomic mass is 10.1. The number of carbonyl (C=O) groups excluding carboxylic acids is 1. The van der Waals surface area contributed by atoms with E-state index >= 15 is 0 Å². The van der Waals surface area contributed by atoms with Gasteiger partial charge in [0.15, 0.2) is 0 Å². The minimum atomic E-state index is -1.01. The van der Waals surface area contributed by atoms with Gasteiger partial charge in [0, 0.05) is 6.42 Å². The van der Waals surface area contributed by atoms with Crippen LogP contribution in [0.25, 0.3) is 0 Å². The van der Waals surface area contributed by atoms with E-state index in [0.717, 1.165) is 0 Å². The third kappa shape index (κ3) is 6.40. The Morgan fingerprint density at radius 2 is 2.08 bits per heavy atom. The largest absolute Gasteiger partial charge is 0.480 e. The number of carbonyl (C=O) groups is 2. The average Bonchev–Trinajstić information content (AvgIpc) is 2.11. The van der Waals surface area contributed by atoms with Crippen LogP contribution in [0.3, 0.4) is 0 Å². The number of ether oxygens (including phenoxy) is 1. The molecule has 0 aromatic carbocycles. The molecule has 0 saturated heterocycles. The van der Waals surface area contributed by atoms with Crippen molar-refractivity contribution in [2.24, 2.45) is 0 Å². The number of methoxy groups -OCH3 is 1. The predicted molar refractivity (Wildman–Crippen MR) is 47.8 cm³/mol. The quantitative estimate of drug-likeness (QED) is 0.407. The first-order chi connectivity index (χ1) is 6.07. The van der Waals surface area contributed by atoms with Crippen LogP contribution in [0, 0.1) is 0 Å². The number of rotatable bonds is 6. The van der Waals surface area contributed by atoms with Gasteiger partial charge in [0.1, 0.15) is 5.38 Å². The highest BCUT2D eigenvalue weighted by molar-refractivity contribution is 6.29. The van der Waals surface area contributed by atoms with Gasteiger partial charge in [0.25, 0.3) is 0 Å². The number of halogens is 1. The molecule has 0 amide bonds. The smallest absolute Gasteiger partial charge is 0.321 e. The number of hydrogen-bond acceptors (Lipinski definition) is 3. The van der Waals surface area contributed by atoms with Crippen LogP contribution < -0.4 is 0 Å². The molecule has 1 atom stereocenters. The molecule has 0 aliphatic rings. The topological polar surface area (TPSA) is 63.6 Å². The second-order valence-electron chi connectivity index (χ2n) is 2.63. The zero-order chi connectivity index (χ0) is 10.3. The predicted octanol–water partition coefficient (Wildman–Crippen LogP) is 1.41. The first-order valence-electron chi connectivity index (χ1n) is 4.01.